The van der Waals surface area contributed by atoms with Gasteiger partial charge in [-0.3, -0.25) is 4.79 Å². The molecule has 3 rings (SSSR count). The quantitative estimate of drug-likeness (QED) is 0.771. The van der Waals surface area contributed by atoms with Crippen molar-refractivity contribution >= 4 is 17.8 Å². The molecule has 0 saturated carbocycles. The lowest BCUT2D eigenvalue weighted by Crippen LogP contribution is -2.36. The summed E-state index contributed by atoms with van der Waals surface area (Å²) >= 11 is 0. The smallest absolute Gasteiger partial charge is 0.405 e. The van der Waals surface area contributed by atoms with Gasteiger partial charge in [-0.25, -0.2) is 9.59 Å². The molecule has 1 amide bonds. The van der Waals surface area contributed by atoms with E-state index in [1.807, 2.05) is 30.3 Å². The molecule has 2 aromatic carbocycles. The summed E-state index contributed by atoms with van der Waals surface area (Å²) in [4.78, 5) is 35.7. The fraction of sp³-hybridized carbons (Fsp3) is 0.250. The van der Waals surface area contributed by atoms with Gasteiger partial charge in [0.25, 0.3) is 5.91 Å². The van der Waals surface area contributed by atoms with Crippen molar-refractivity contribution in [2.45, 2.75) is 18.7 Å². The lowest BCUT2D eigenvalue weighted by molar-refractivity contribution is -0.140. The molecular formula is C20H16F3NO5. The van der Waals surface area contributed by atoms with Crippen LogP contribution >= 0.6 is 0 Å². The first-order chi connectivity index (χ1) is 13.7. The van der Waals surface area contributed by atoms with E-state index in [0.717, 1.165) is 5.56 Å². The Hall–Kier alpha value is -3.36. The van der Waals surface area contributed by atoms with Crippen LogP contribution < -0.4 is 5.32 Å². The number of carbonyl (C=O) groups excluding carboxylic acids is 3. The van der Waals surface area contributed by atoms with Gasteiger partial charge in [0.05, 0.1) is 11.1 Å². The van der Waals surface area contributed by atoms with Crippen LogP contribution in [0.25, 0.3) is 0 Å². The number of cyclic esters (lactones) is 1. The zero-order valence-corrected chi connectivity index (χ0v) is 15.0. The van der Waals surface area contributed by atoms with Crippen molar-refractivity contribution in [2.75, 3.05) is 13.2 Å². The molecular weight excluding hydrogens is 391 g/mol. The van der Waals surface area contributed by atoms with Gasteiger partial charge in [0.1, 0.15) is 12.6 Å². The van der Waals surface area contributed by atoms with E-state index in [1.54, 1.807) is 5.32 Å². The van der Waals surface area contributed by atoms with Crippen molar-refractivity contribution in [3.63, 3.8) is 0 Å². The second-order valence-corrected chi connectivity index (χ2v) is 6.35. The largest absolute Gasteiger partial charge is 0.454 e. The maximum absolute atomic E-state index is 12.2. The number of esters is 2. The Morgan fingerprint density at radius 1 is 1.14 bits per heavy atom. The zero-order valence-electron chi connectivity index (χ0n) is 15.0. The number of halogens is 3. The number of fused-ring (bicyclic) bond motifs is 1. The molecule has 0 spiro atoms. The molecule has 1 aliphatic heterocycles. The molecule has 1 atom stereocenters. The number of hydrogen-bond donors (Lipinski definition) is 1. The summed E-state index contributed by atoms with van der Waals surface area (Å²) in [6.07, 6.45) is -4.71. The van der Waals surface area contributed by atoms with Crippen LogP contribution in [0, 0.1) is 0 Å². The van der Waals surface area contributed by atoms with Crippen LogP contribution in [-0.2, 0) is 20.7 Å². The molecule has 1 heterocycles. The summed E-state index contributed by atoms with van der Waals surface area (Å²) in [6, 6.07) is 13.3. The predicted octanol–water partition coefficient (Wildman–Crippen LogP) is 2.98. The van der Waals surface area contributed by atoms with Crippen LogP contribution in [0.4, 0.5) is 13.2 Å². The van der Waals surface area contributed by atoms with Gasteiger partial charge < -0.3 is 14.8 Å². The van der Waals surface area contributed by atoms with Crippen LogP contribution in [0.5, 0.6) is 0 Å². The number of benzene rings is 2. The van der Waals surface area contributed by atoms with Crippen molar-refractivity contribution in [3.8, 4) is 0 Å². The molecule has 0 fully saturated rings. The van der Waals surface area contributed by atoms with Crippen LogP contribution in [0.15, 0.2) is 48.5 Å². The molecule has 152 valence electrons. The number of amides is 1. The van der Waals surface area contributed by atoms with Gasteiger partial charge in [-0.05, 0) is 29.3 Å². The minimum Gasteiger partial charge on any atom is -0.454 e. The fourth-order valence-corrected chi connectivity index (χ4v) is 2.84. The van der Waals surface area contributed by atoms with E-state index >= 15 is 0 Å². The highest BCUT2D eigenvalue weighted by Gasteiger charge is 2.29. The van der Waals surface area contributed by atoms with E-state index in [2.05, 4.69) is 0 Å². The van der Waals surface area contributed by atoms with Crippen molar-refractivity contribution in [1.29, 1.82) is 0 Å². The summed E-state index contributed by atoms with van der Waals surface area (Å²) in [5, 5.41) is 1.61. The van der Waals surface area contributed by atoms with Crippen molar-refractivity contribution < 1.29 is 37.0 Å². The molecule has 1 N–H and O–H groups in total. The van der Waals surface area contributed by atoms with Crippen molar-refractivity contribution in [1.82, 2.24) is 5.32 Å². The molecule has 29 heavy (non-hydrogen) atoms. The van der Waals surface area contributed by atoms with Crippen LogP contribution in [0.3, 0.4) is 0 Å². The minimum absolute atomic E-state index is 0.0777. The summed E-state index contributed by atoms with van der Waals surface area (Å²) < 4.78 is 46.4. The minimum atomic E-state index is -4.55. The van der Waals surface area contributed by atoms with E-state index in [4.69, 9.17) is 9.47 Å². The first-order valence-corrected chi connectivity index (χ1v) is 8.62. The van der Waals surface area contributed by atoms with E-state index in [9.17, 15) is 27.6 Å². The van der Waals surface area contributed by atoms with Gasteiger partial charge in [-0.15, -0.1) is 0 Å². The van der Waals surface area contributed by atoms with Gasteiger partial charge in [0, 0.05) is 6.42 Å². The Labute approximate surface area is 163 Å². The number of hydrogen-bond acceptors (Lipinski definition) is 5. The Balaban J connectivity index is 1.66. The predicted molar refractivity (Wildman–Crippen MR) is 94.1 cm³/mol. The van der Waals surface area contributed by atoms with E-state index in [-0.39, 0.29) is 5.56 Å². The third-order valence-electron chi connectivity index (χ3n) is 4.21. The van der Waals surface area contributed by atoms with Crippen LogP contribution in [0.2, 0.25) is 0 Å². The maximum atomic E-state index is 12.2. The third-order valence-corrected chi connectivity index (χ3v) is 4.21. The number of alkyl halides is 3. The van der Waals surface area contributed by atoms with E-state index in [1.165, 1.54) is 18.2 Å². The topological polar surface area (TPSA) is 81.7 Å². The normalized spacial score (nSPS) is 15.8. The van der Waals surface area contributed by atoms with Gasteiger partial charge in [0.2, 0.25) is 0 Å². The lowest BCUT2D eigenvalue weighted by atomic mass is 9.93. The fourth-order valence-electron chi connectivity index (χ4n) is 2.84. The molecule has 0 bridgehead atoms. The average Bonchev–Trinajstić information content (AvgIpc) is 2.70. The Morgan fingerprint density at radius 2 is 1.86 bits per heavy atom. The Morgan fingerprint density at radius 3 is 2.55 bits per heavy atom. The number of carbonyl (C=O) groups is 3. The monoisotopic (exact) mass is 407 g/mol. The summed E-state index contributed by atoms with van der Waals surface area (Å²) in [5.74, 6) is -2.47. The molecule has 0 saturated heterocycles. The molecule has 2 aromatic rings. The molecule has 1 aliphatic rings. The second kappa shape index (κ2) is 8.34. The number of ether oxygens (including phenoxy) is 2. The number of rotatable bonds is 5. The highest BCUT2D eigenvalue weighted by molar-refractivity contribution is 5.96. The van der Waals surface area contributed by atoms with Crippen LogP contribution in [-0.4, -0.2) is 37.2 Å². The van der Waals surface area contributed by atoms with Crippen LogP contribution in [0.1, 0.15) is 37.9 Å². The van der Waals surface area contributed by atoms with Gasteiger partial charge in [-0.1, -0.05) is 30.3 Å². The molecule has 0 aliphatic carbocycles. The first kappa shape index (κ1) is 20.4. The highest BCUT2D eigenvalue weighted by atomic mass is 19.4. The molecule has 0 aromatic heterocycles. The highest BCUT2D eigenvalue weighted by Crippen LogP contribution is 2.31. The third kappa shape index (κ3) is 5.34. The van der Waals surface area contributed by atoms with Gasteiger partial charge in [-0.2, -0.15) is 13.2 Å². The van der Waals surface area contributed by atoms with Crippen molar-refractivity contribution in [2.24, 2.45) is 0 Å². The van der Waals surface area contributed by atoms with Crippen molar-refractivity contribution in [3.05, 3.63) is 70.8 Å². The van der Waals surface area contributed by atoms with E-state index in [0.29, 0.717) is 17.5 Å². The average molecular weight is 407 g/mol. The second-order valence-electron chi connectivity index (χ2n) is 6.35. The molecule has 9 heteroatoms. The Kier molecular flexibility index (Phi) is 5.86. The SMILES string of the molecule is O=C(COC(=O)c1ccc2c(c1)CC(c1ccccc1)OC2=O)NCC(F)(F)F. The standard InChI is InChI=1S/C20H16F3NO5/c21-20(22,23)11-24-17(25)10-28-18(26)13-6-7-15-14(8-13)9-16(29-19(15)27)12-4-2-1-3-5-12/h1-8,16H,9-11H2,(H,24,25). The number of nitrogens with one attached hydrogen (secondary N) is 1. The summed E-state index contributed by atoms with van der Waals surface area (Å²) in [6.45, 7) is -2.36. The molecule has 0 radical (unpaired) electrons. The zero-order chi connectivity index (χ0) is 21.0. The molecule has 6 nitrogen and oxygen atoms in total. The van der Waals surface area contributed by atoms with E-state index < -0.39 is 43.3 Å². The summed E-state index contributed by atoms with van der Waals surface area (Å²) in [7, 11) is 0. The maximum Gasteiger partial charge on any atom is 0.405 e. The van der Waals surface area contributed by atoms with Gasteiger partial charge in [0.15, 0.2) is 6.61 Å². The Bertz CT molecular complexity index is 927. The van der Waals surface area contributed by atoms with Gasteiger partial charge >= 0.3 is 18.1 Å². The summed E-state index contributed by atoms with van der Waals surface area (Å²) in [5.41, 5.74) is 1.78. The molecule has 1 unspecified atom stereocenters. The first-order valence-electron chi connectivity index (χ1n) is 8.62. The lowest BCUT2D eigenvalue weighted by Gasteiger charge is -2.25.